The second-order valence-corrected chi connectivity index (χ2v) is 7.81. The summed E-state index contributed by atoms with van der Waals surface area (Å²) in [6.45, 7) is 1.16. The van der Waals surface area contributed by atoms with Gasteiger partial charge in [-0.15, -0.1) is 11.8 Å². The van der Waals surface area contributed by atoms with Crippen LogP contribution in [0.4, 0.5) is 0 Å². The van der Waals surface area contributed by atoms with Crippen LogP contribution in [0, 0.1) is 0 Å². The van der Waals surface area contributed by atoms with Crippen molar-refractivity contribution in [1.29, 1.82) is 0 Å². The number of hydrogen-bond donors (Lipinski definition) is 1. The standard InChI is InChI=1S/C20H20N2O7S/c1-11(10-30-8-7-15(25)29-2)16-17(20(28)21(16)9-14(23)24)22-18(26)12-5-3-4-6-13(12)19(22)27/h3-6,10,16-17H,7-9H2,1-2H3,(H,23,24). The third-order valence-corrected chi connectivity index (χ3v) is 5.95. The van der Waals surface area contributed by atoms with E-state index in [1.807, 2.05) is 0 Å². The van der Waals surface area contributed by atoms with E-state index in [0.29, 0.717) is 11.3 Å². The molecule has 3 amide bonds. The fourth-order valence-electron chi connectivity index (χ4n) is 3.56. The molecular weight excluding hydrogens is 412 g/mol. The maximum Gasteiger partial charge on any atom is 0.323 e. The smallest absolute Gasteiger partial charge is 0.323 e. The van der Waals surface area contributed by atoms with E-state index in [1.165, 1.54) is 31.0 Å². The number of carbonyl (C=O) groups excluding carboxylic acids is 4. The Morgan fingerprint density at radius 2 is 1.77 bits per heavy atom. The van der Waals surface area contributed by atoms with Gasteiger partial charge in [0.2, 0.25) is 5.91 Å². The number of ether oxygens (including phenoxy) is 1. The van der Waals surface area contributed by atoms with Crippen LogP contribution in [0.3, 0.4) is 0 Å². The van der Waals surface area contributed by atoms with Crippen LogP contribution in [0.1, 0.15) is 34.1 Å². The summed E-state index contributed by atoms with van der Waals surface area (Å²) in [5.41, 5.74) is 1.06. The summed E-state index contributed by atoms with van der Waals surface area (Å²) in [4.78, 5) is 62.8. The number of methoxy groups -OCH3 is 1. The van der Waals surface area contributed by atoms with Crippen LogP contribution in [0.25, 0.3) is 0 Å². The van der Waals surface area contributed by atoms with E-state index in [4.69, 9.17) is 5.11 Å². The minimum absolute atomic E-state index is 0.190. The van der Waals surface area contributed by atoms with Crippen molar-refractivity contribution in [2.45, 2.75) is 25.4 Å². The van der Waals surface area contributed by atoms with Crippen molar-refractivity contribution in [2.75, 3.05) is 19.4 Å². The van der Waals surface area contributed by atoms with E-state index in [0.717, 1.165) is 9.80 Å². The number of esters is 1. The zero-order chi connectivity index (χ0) is 22.0. The first-order chi connectivity index (χ1) is 14.3. The molecule has 1 saturated heterocycles. The zero-order valence-corrected chi connectivity index (χ0v) is 17.2. The Morgan fingerprint density at radius 3 is 2.30 bits per heavy atom. The van der Waals surface area contributed by atoms with Gasteiger partial charge in [0.15, 0.2) is 0 Å². The molecule has 0 spiro atoms. The summed E-state index contributed by atoms with van der Waals surface area (Å²) < 4.78 is 4.58. The number of rotatable bonds is 8. The van der Waals surface area contributed by atoms with Gasteiger partial charge in [0.25, 0.3) is 11.8 Å². The lowest BCUT2D eigenvalue weighted by atomic mass is 9.88. The number of benzene rings is 1. The lowest BCUT2D eigenvalue weighted by molar-refractivity contribution is -0.159. The molecule has 10 heteroatoms. The monoisotopic (exact) mass is 432 g/mol. The predicted molar refractivity (Wildman–Crippen MR) is 107 cm³/mol. The molecule has 2 unspecified atom stereocenters. The molecule has 0 radical (unpaired) electrons. The highest BCUT2D eigenvalue weighted by Crippen LogP contribution is 2.36. The second-order valence-electron chi connectivity index (χ2n) is 6.83. The minimum atomic E-state index is -1.19. The molecule has 0 aromatic heterocycles. The number of β-lactam (4-membered cyclic amide) rings is 1. The average Bonchev–Trinajstić information content (AvgIpc) is 2.97. The second kappa shape index (κ2) is 8.70. The Kier molecular flexibility index (Phi) is 6.25. The molecule has 1 N–H and O–H groups in total. The summed E-state index contributed by atoms with van der Waals surface area (Å²) >= 11 is 1.30. The number of imide groups is 1. The Hall–Kier alpha value is -3.14. The minimum Gasteiger partial charge on any atom is -0.480 e. The third kappa shape index (κ3) is 3.82. The Morgan fingerprint density at radius 1 is 1.17 bits per heavy atom. The van der Waals surface area contributed by atoms with Crippen LogP contribution < -0.4 is 0 Å². The molecule has 1 aromatic carbocycles. The van der Waals surface area contributed by atoms with Crippen molar-refractivity contribution in [3.05, 3.63) is 46.4 Å². The van der Waals surface area contributed by atoms with E-state index in [1.54, 1.807) is 24.5 Å². The van der Waals surface area contributed by atoms with Crippen LogP contribution in [0.2, 0.25) is 0 Å². The Bertz CT molecular complexity index is 923. The number of aliphatic carboxylic acids is 1. The first-order valence-electron chi connectivity index (χ1n) is 9.12. The quantitative estimate of drug-likeness (QED) is 0.281. The van der Waals surface area contributed by atoms with Gasteiger partial charge in [-0.2, -0.15) is 0 Å². The molecule has 2 aliphatic rings. The van der Waals surface area contributed by atoms with Crippen LogP contribution in [0.5, 0.6) is 0 Å². The van der Waals surface area contributed by atoms with Gasteiger partial charge in [-0.3, -0.25) is 28.9 Å². The number of likely N-dealkylation sites (tertiary alicyclic amines) is 1. The lowest BCUT2D eigenvalue weighted by Crippen LogP contribution is -2.72. The van der Waals surface area contributed by atoms with Gasteiger partial charge >= 0.3 is 11.9 Å². The van der Waals surface area contributed by atoms with Crippen molar-refractivity contribution in [2.24, 2.45) is 0 Å². The SMILES string of the molecule is COC(=O)CCSC=C(C)C1C(N2C(=O)c3ccccc3C2=O)C(=O)N1CC(=O)O. The molecule has 2 heterocycles. The van der Waals surface area contributed by atoms with E-state index in [2.05, 4.69) is 4.74 Å². The summed E-state index contributed by atoms with van der Waals surface area (Å²) in [5, 5.41) is 10.9. The lowest BCUT2D eigenvalue weighted by Gasteiger charge is -2.49. The number of fused-ring (bicyclic) bond motifs is 1. The zero-order valence-electron chi connectivity index (χ0n) is 16.4. The maximum atomic E-state index is 12.8. The van der Waals surface area contributed by atoms with Gasteiger partial charge in [0.1, 0.15) is 12.6 Å². The number of carboxylic acid groups (broad SMARTS) is 1. The highest BCUT2D eigenvalue weighted by atomic mass is 32.2. The summed E-state index contributed by atoms with van der Waals surface area (Å²) in [5.74, 6) is -2.85. The van der Waals surface area contributed by atoms with E-state index in [9.17, 15) is 24.0 Å². The molecule has 2 atom stereocenters. The van der Waals surface area contributed by atoms with Gasteiger partial charge < -0.3 is 14.7 Å². The third-order valence-electron chi connectivity index (χ3n) is 4.97. The molecule has 1 fully saturated rings. The van der Waals surface area contributed by atoms with E-state index < -0.39 is 42.3 Å². The summed E-state index contributed by atoms with van der Waals surface area (Å²) in [6, 6.07) is 4.46. The Labute approximate surface area is 176 Å². The van der Waals surface area contributed by atoms with Crippen molar-refractivity contribution in [3.8, 4) is 0 Å². The molecule has 0 saturated carbocycles. The molecule has 2 aliphatic heterocycles. The molecule has 0 aliphatic carbocycles. The van der Waals surface area contributed by atoms with Gasteiger partial charge in [0.05, 0.1) is 30.7 Å². The van der Waals surface area contributed by atoms with Crippen LogP contribution in [0.15, 0.2) is 35.2 Å². The fraction of sp³-hybridized carbons (Fsp3) is 0.350. The topological polar surface area (TPSA) is 121 Å². The first-order valence-corrected chi connectivity index (χ1v) is 10.2. The average molecular weight is 432 g/mol. The number of carboxylic acids is 1. The van der Waals surface area contributed by atoms with Crippen LogP contribution in [-0.2, 0) is 19.1 Å². The largest absolute Gasteiger partial charge is 0.480 e. The van der Waals surface area contributed by atoms with Crippen molar-refractivity contribution < 1.29 is 33.8 Å². The highest BCUT2D eigenvalue weighted by molar-refractivity contribution is 8.02. The molecule has 3 rings (SSSR count). The highest BCUT2D eigenvalue weighted by Gasteiger charge is 2.57. The van der Waals surface area contributed by atoms with Crippen LogP contribution >= 0.6 is 11.8 Å². The van der Waals surface area contributed by atoms with Crippen molar-refractivity contribution >= 4 is 41.4 Å². The van der Waals surface area contributed by atoms with Gasteiger partial charge in [-0.25, -0.2) is 0 Å². The van der Waals surface area contributed by atoms with Crippen molar-refractivity contribution in [1.82, 2.24) is 9.80 Å². The number of hydrogen-bond acceptors (Lipinski definition) is 7. The van der Waals surface area contributed by atoms with Gasteiger partial charge in [-0.05, 0) is 30.0 Å². The number of amides is 3. The predicted octanol–water partition coefficient (Wildman–Crippen LogP) is 1.15. The molecular formula is C20H20N2O7S. The maximum absolute atomic E-state index is 12.8. The molecule has 158 valence electrons. The van der Waals surface area contributed by atoms with E-state index >= 15 is 0 Å². The van der Waals surface area contributed by atoms with Gasteiger partial charge in [0, 0.05) is 5.75 Å². The fourth-order valence-corrected chi connectivity index (χ4v) is 4.37. The first kappa shape index (κ1) is 21.6. The molecule has 9 nitrogen and oxygen atoms in total. The summed E-state index contributed by atoms with van der Waals surface area (Å²) in [6.07, 6.45) is 0.190. The molecule has 0 bridgehead atoms. The normalized spacial score (nSPS) is 20.9. The Balaban J connectivity index is 1.83. The number of carbonyl (C=O) groups is 5. The van der Waals surface area contributed by atoms with E-state index in [-0.39, 0.29) is 23.5 Å². The van der Waals surface area contributed by atoms with Gasteiger partial charge in [-0.1, -0.05) is 12.1 Å². The number of nitrogens with zero attached hydrogens (tertiary/aromatic N) is 2. The molecule has 30 heavy (non-hydrogen) atoms. The molecule has 1 aromatic rings. The summed E-state index contributed by atoms with van der Waals surface area (Å²) in [7, 11) is 1.30. The van der Waals surface area contributed by atoms with Crippen molar-refractivity contribution in [3.63, 3.8) is 0 Å². The number of thioether (sulfide) groups is 1. The van der Waals surface area contributed by atoms with Crippen LogP contribution in [-0.4, -0.2) is 76.1 Å².